The molecule has 0 saturated carbocycles. The molecule has 2 amide bonds. The lowest BCUT2D eigenvalue weighted by atomic mass is 10.2. The second kappa shape index (κ2) is 11.7. The lowest BCUT2D eigenvalue weighted by Crippen LogP contribution is -2.20. The molecule has 0 aliphatic rings. The number of amides is 2. The van der Waals surface area contributed by atoms with Crippen LogP contribution in [0.2, 0.25) is 5.02 Å². The first kappa shape index (κ1) is 23.0. The zero-order chi connectivity index (χ0) is 22.8. The Morgan fingerprint density at radius 2 is 1.69 bits per heavy atom. The van der Waals surface area contributed by atoms with E-state index in [0.29, 0.717) is 23.1 Å². The Morgan fingerprint density at radius 3 is 2.47 bits per heavy atom. The highest BCUT2D eigenvalue weighted by Gasteiger charge is 2.08. The number of nitrogens with one attached hydrogen (secondary N) is 2. The van der Waals surface area contributed by atoms with Gasteiger partial charge in [-0.2, -0.15) is 5.10 Å². The van der Waals surface area contributed by atoms with Gasteiger partial charge in [0.2, 0.25) is 11.8 Å². The Labute approximate surface area is 192 Å². The van der Waals surface area contributed by atoms with Gasteiger partial charge in [-0.25, -0.2) is 5.43 Å². The molecule has 0 aliphatic heterocycles. The van der Waals surface area contributed by atoms with Crippen LogP contribution in [0, 0.1) is 6.92 Å². The average molecular weight is 450 g/mol. The molecule has 0 spiro atoms. The van der Waals surface area contributed by atoms with Crippen molar-refractivity contribution in [3.8, 4) is 5.75 Å². The number of halogens is 1. The van der Waals surface area contributed by atoms with Gasteiger partial charge in [0.05, 0.1) is 6.21 Å². The molecule has 0 aliphatic carbocycles. The Kier molecular flexibility index (Phi) is 8.40. The van der Waals surface area contributed by atoms with Crippen molar-refractivity contribution in [2.75, 3.05) is 5.32 Å². The SMILES string of the molecule is Cc1ccc(NC(=O)CCC(=O)NN=Cc2ccccc2OCc2ccccc2)cc1Cl. The van der Waals surface area contributed by atoms with Gasteiger partial charge in [-0.15, -0.1) is 0 Å². The third-order valence-electron chi connectivity index (χ3n) is 4.58. The van der Waals surface area contributed by atoms with Crippen LogP contribution in [0.4, 0.5) is 5.69 Å². The maximum Gasteiger partial charge on any atom is 0.240 e. The second-order valence-electron chi connectivity index (χ2n) is 7.12. The number of hydrazone groups is 1. The van der Waals surface area contributed by atoms with E-state index < -0.39 is 0 Å². The molecule has 3 aromatic rings. The van der Waals surface area contributed by atoms with Crippen LogP contribution in [-0.2, 0) is 16.2 Å². The number of rotatable bonds is 9. The first-order chi connectivity index (χ1) is 15.5. The molecule has 0 aromatic heterocycles. The van der Waals surface area contributed by atoms with Gasteiger partial charge in [-0.3, -0.25) is 9.59 Å². The van der Waals surface area contributed by atoms with Crippen molar-refractivity contribution in [3.05, 3.63) is 94.5 Å². The van der Waals surface area contributed by atoms with Gasteiger partial charge in [0.15, 0.2) is 0 Å². The molecule has 2 N–H and O–H groups in total. The third kappa shape index (κ3) is 7.25. The molecule has 3 rings (SSSR count). The molecule has 0 radical (unpaired) electrons. The lowest BCUT2D eigenvalue weighted by molar-refractivity contribution is -0.124. The first-order valence-electron chi connectivity index (χ1n) is 10.1. The van der Waals surface area contributed by atoms with Crippen molar-refractivity contribution in [2.24, 2.45) is 5.10 Å². The van der Waals surface area contributed by atoms with E-state index in [0.717, 1.165) is 16.7 Å². The topological polar surface area (TPSA) is 79.8 Å². The van der Waals surface area contributed by atoms with Gasteiger partial charge in [0.1, 0.15) is 12.4 Å². The third-order valence-corrected chi connectivity index (χ3v) is 4.99. The number of aryl methyl sites for hydroxylation is 1. The van der Waals surface area contributed by atoms with Crippen molar-refractivity contribution in [2.45, 2.75) is 26.4 Å². The summed E-state index contributed by atoms with van der Waals surface area (Å²) in [6, 6.07) is 22.5. The Bertz CT molecular complexity index is 1100. The van der Waals surface area contributed by atoms with Gasteiger partial charge >= 0.3 is 0 Å². The van der Waals surface area contributed by atoms with Crippen LogP contribution in [0.5, 0.6) is 5.75 Å². The van der Waals surface area contributed by atoms with Crippen molar-refractivity contribution >= 4 is 35.3 Å². The minimum absolute atomic E-state index is 0.00885. The smallest absolute Gasteiger partial charge is 0.240 e. The van der Waals surface area contributed by atoms with E-state index in [4.69, 9.17) is 16.3 Å². The summed E-state index contributed by atoms with van der Waals surface area (Å²) in [5, 5.41) is 7.28. The summed E-state index contributed by atoms with van der Waals surface area (Å²) in [5.41, 5.74) is 5.75. The number of carbonyl (C=O) groups excluding carboxylic acids is 2. The fourth-order valence-corrected chi connectivity index (χ4v) is 2.99. The quantitative estimate of drug-likeness (QED) is 0.352. The van der Waals surface area contributed by atoms with E-state index >= 15 is 0 Å². The average Bonchev–Trinajstić information content (AvgIpc) is 2.80. The number of ether oxygens (including phenoxy) is 1. The van der Waals surface area contributed by atoms with Crippen molar-refractivity contribution in [3.63, 3.8) is 0 Å². The number of anilines is 1. The van der Waals surface area contributed by atoms with E-state index in [2.05, 4.69) is 15.8 Å². The first-order valence-corrected chi connectivity index (χ1v) is 10.5. The van der Waals surface area contributed by atoms with Crippen LogP contribution in [0.15, 0.2) is 77.9 Å². The maximum absolute atomic E-state index is 12.1. The number of carbonyl (C=O) groups is 2. The molecule has 0 unspecified atom stereocenters. The van der Waals surface area contributed by atoms with Crippen molar-refractivity contribution in [1.29, 1.82) is 0 Å². The van der Waals surface area contributed by atoms with E-state index in [1.54, 1.807) is 12.1 Å². The van der Waals surface area contributed by atoms with Crippen molar-refractivity contribution in [1.82, 2.24) is 5.43 Å². The molecular weight excluding hydrogens is 426 g/mol. The standard InChI is InChI=1S/C25H24ClN3O3/c1-18-11-12-21(15-22(18)26)28-24(30)13-14-25(31)29-27-16-20-9-5-6-10-23(20)32-17-19-7-3-2-4-8-19/h2-12,15-16H,13-14,17H2,1H3,(H,28,30)(H,29,31). The fraction of sp³-hybridized carbons (Fsp3) is 0.160. The number of hydrogen-bond donors (Lipinski definition) is 2. The zero-order valence-electron chi connectivity index (χ0n) is 17.7. The molecule has 0 atom stereocenters. The molecule has 32 heavy (non-hydrogen) atoms. The predicted molar refractivity (Wildman–Crippen MR) is 127 cm³/mol. The maximum atomic E-state index is 12.1. The number of para-hydroxylation sites is 1. The lowest BCUT2D eigenvalue weighted by Gasteiger charge is -2.09. The van der Waals surface area contributed by atoms with Crippen LogP contribution in [0.1, 0.15) is 29.5 Å². The van der Waals surface area contributed by atoms with Crippen LogP contribution in [0.3, 0.4) is 0 Å². The highest BCUT2D eigenvalue weighted by molar-refractivity contribution is 6.31. The minimum Gasteiger partial charge on any atom is -0.488 e. The number of benzene rings is 3. The van der Waals surface area contributed by atoms with E-state index in [-0.39, 0.29) is 24.7 Å². The van der Waals surface area contributed by atoms with Gasteiger partial charge < -0.3 is 10.1 Å². The fourth-order valence-electron chi connectivity index (χ4n) is 2.80. The van der Waals surface area contributed by atoms with Gasteiger partial charge in [0.25, 0.3) is 0 Å². The molecule has 0 heterocycles. The summed E-state index contributed by atoms with van der Waals surface area (Å²) < 4.78 is 5.87. The summed E-state index contributed by atoms with van der Waals surface area (Å²) in [4.78, 5) is 24.1. The van der Waals surface area contributed by atoms with Crippen LogP contribution in [-0.4, -0.2) is 18.0 Å². The van der Waals surface area contributed by atoms with Crippen LogP contribution >= 0.6 is 11.6 Å². The summed E-state index contributed by atoms with van der Waals surface area (Å²) in [6.45, 7) is 2.31. The molecule has 0 bridgehead atoms. The minimum atomic E-state index is -0.360. The summed E-state index contributed by atoms with van der Waals surface area (Å²) >= 11 is 6.05. The van der Waals surface area contributed by atoms with Gasteiger partial charge in [0, 0.05) is 29.1 Å². The molecule has 164 valence electrons. The van der Waals surface area contributed by atoms with Crippen LogP contribution < -0.4 is 15.5 Å². The zero-order valence-corrected chi connectivity index (χ0v) is 18.4. The Morgan fingerprint density at radius 1 is 0.969 bits per heavy atom. The van der Waals surface area contributed by atoms with Crippen LogP contribution in [0.25, 0.3) is 0 Å². The molecule has 6 nitrogen and oxygen atoms in total. The summed E-state index contributed by atoms with van der Waals surface area (Å²) in [7, 11) is 0. The van der Waals surface area contributed by atoms with E-state index in [9.17, 15) is 9.59 Å². The summed E-state index contributed by atoms with van der Waals surface area (Å²) in [5.74, 6) is 0.0234. The number of hydrogen-bond acceptors (Lipinski definition) is 4. The highest BCUT2D eigenvalue weighted by atomic mass is 35.5. The molecule has 3 aromatic carbocycles. The largest absolute Gasteiger partial charge is 0.488 e. The van der Waals surface area contributed by atoms with Gasteiger partial charge in [-0.05, 0) is 42.3 Å². The number of nitrogens with zero attached hydrogens (tertiary/aromatic N) is 1. The highest BCUT2D eigenvalue weighted by Crippen LogP contribution is 2.20. The molecule has 0 saturated heterocycles. The Balaban J connectivity index is 1.45. The normalized spacial score (nSPS) is 10.7. The predicted octanol–water partition coefficient (Wildman–Crippen LogP) is 5.10. The molecular formula is C25H24ClN3O3. The van der Waals surface area contributed by atoms with E-state index in [1.807, 2.05) is 67.6 Å². The van der Waals surface area contributed by atoms with Gasteiger partial charge in [-0.1, -0.05) is 60.1 Å². The Hall–Kier alpha value is -3.64. The molecule has 7 heteroatoms. The monoisotopic (exact) mass is 449 g/mol. The van der Waals surface area contributed by atoms with E-state index in [1.165, 1.54) is 6.21 Å². The summed E-state index contributed by atoms with van der Waals surface area (Å²) in [6.07, 6.45) is 1.56. The molecule has 0 fully saturated rings. The van der Waals surface area contributed by atoms with Crippen molar-refractivity contribution < 1.29 is 14.3 Å². The second-order valence-corrected chi connectivity index (χ2v) is 7.52.